The van der Waals surface area contributed by atoms with Crippen LogP contribution in [0.2, 0.25) is 0 Å². The Morgan fingerprint density at radius 2 is 2.00 bits per heavy atom. The van der Waals surface area contributed by atoms with E-state index < -0.39 is 21.8 Å². The van der Waals surface area contributed by atoms with E-state index in [2.05, 4.69) is 15.4 Å². The molecular formula is C14H16N4O4S. The van der Waals surface area contributed by atoms with Gasteiger partial charge >= 0.3 is 0 Å². The van der Waals surface area contributed by atoms with E-state index in [0.717, 1.165) is 0 Å². The minimum Gasteiger partial charge on any atom is -0.321 e. The van der Waals surface area contributed by atoms with Gasteiger partial charge in [0.2, 0.25) is 5.91 Å². The zero-order chi connectivity index (χ0) is 16.4. The molecule has 1 aromatic rings. The lowest BCUT2D eigenvalue weighted by molar-refractivity contribution is -0.133. The molecule has 0 saturated carbocycles. The number of anilines is 1. The van der Waals surface area contributed by atoms with Crippen molar-refractivity contribution in [2.24, 2.45) is 5.10 Å². The summed E-state index contributed by atoms with van der Waals surface area (Å²) in [5, 5.41) is 7.98. The van der Waals surface area contributed by atoms with Crippen LogP contribution >= 0.6 is 0 Å². The van der Waals surface area contributed by atoms with Crippen molar-refractivity contribution in [2.75, 3.05) is 16.8 Å². The molecule has 23 heavy (non-hydrogen) atoms. The van der Waals surface area contributed by atoms with Gasteiger partial charge in [-0.1, -0.05) is 0 Å². The molecule has 3 rings (SSSR count). The minimum absolute atomic E-state index is 0.0511. The van der Waals surface area contributed by atoms with Crippen LogP contribution < -0.4 is 5.32 Å². The van der Waals surface area contributed by atoms with Crippen molar-refractivity contribution < 1.29 is 18.0 Å². The number of nitrogens with one attached hydrogen (secondary N) is 1. The van der Waals surface area contributed by atoms with Gasteiger partial charge < -0.3 is 5.32 Å². The van der Waals surface area contributed by atoms with Crippen molar-refractivity contribution in [1.29, 1.82) is 0 Å². The number of carbonyl (C=O) groups is 2. The summed E-state index contributed by atoms with van der Waals surface area (Å²) in [6.45, 7) is 0. The van der Waals surface area contributed by atoms with Crippen LogP contribution in [0.25, 0.3) is 0 Å². The molecule has 1 N–H and O–H groups in total. The molecule has 0 unspecified atom stereocenters. The average molecular weight is 336 g/mol. The van der Waals surface area contributed by atoms with Gasteiger partial charge in [-0.3, -0.25) is 14.6 Å². The van der Waals surface area contributed by atoms with Crippen molar-refractivity contribution in [1.82, 2.24) is 9.99 Å². The van der Waals surface area contributed by atoms with E-state index >= 15 is 0 Å². The third-order valence-electron chi connectivity index (χ3n) is 3.81. The molecule has 1 aromatic heterocycles. The highest BCUT2D eigenvalue weighted by atomic mass is 32.2. The summed E-state index contributed by atoms with van der Waals surface area (Å²) in [5.74, 6) is -0.682. The van der Waals surface area contributed by atoms with Crippen LogP contribution in [0.4, 0.5) is 5.69 Å². The number of pyridine rings is 1. The molecule has 122 valence electrons. The number of sulfone groups is 1. The Balaban J connectivity index is 1.76. The Morgan fingerprint density at radius 3 is 2.65 bits per heavy atom. The van der Waals surface area contributed by atoms with Gasteiger partial charge in [0.15, 0.2) is 9.84 Å². The summed E-state index contributed by atoms with van der Waals surface area (Å²) in [5.41, 5.74) is 0.810. The first kappa shape index (κ1) is 15.6. The second-order valence-electron chi connectivity index (χ2n) is 5.53. The van der Waals surface area contributed by atoms with Crippen LogP contribution in [0.1, 0.15) is 19.3 Å². The Kier molecular flexibility index (Phi) is 4.12. The summed E-state index contributed by atoms with van der Waals surface area (Å²) in [6, 6.07) is 2.82. The van der Waals surface area contributed by atoms with Gasteiger partial charge in [0, 0.05) is 30.9 Å². The van der Waals surface area contributed by atoms with E-state index in [1.807, 2.05) is 0 Å². The Morgan fingerprint density at radius 1 is 1.26 bits per heavy atom. The molecule has 0 bridgehead atoms. The maximum atomic E-state index is 12.2. The second kappa shape index (κ2) is 6.07. The van der Waals surface area contributed by atoms with Crippen molar-refractivity contribution >= 4 is 33.1 Å². The standard InChI is InChI=1S/C14H16N4O4S/c19-13-2-1-12(14(20)16-10-3-6-15-7-4-10)17-18(13)11-5-8-23(21,22)9-11/h3-4,6-7,11H,1-2,5,8-9H2,(H,15,16,20)/t11-/m1/s1. The van der Waals surface area contributed by atoms with Crippen LogP contribution in [0, 0.1) is 0 Å². The van der Waals surface area contributed by atoms with Crippen molar-refractivity contribution in [2.45, 2.75) is 25.3 Å². The third kappa shape index (κ3) is 3.55. The molecule has 0 radical (unpaired) electrons. The summed E-state index contributed by atoms with van der Waals surface area (Å²) < 4.78 is 23.2. The molecule has 0 aliphatic carbocycles. The first-order valence-electron chi connectivity index (χ1n) is 7.26. The largest absolute Gasteiger partial charge is 0.321 e. The number of aromatic nitrogens is 1. The Hall–Kier alpha value is -2.29. The molecule has 0 spiro atoms. The number of amides is 2. The predicted molar refractivity (Wildman–Crippen MR) is 83.4 cm³/mol. The summed E-state index contributed by atoms with van der Waals surface area (Å²) in [6.07, 6.45) is 3.86. The van der Waals surface area contributed by atoms with Crippen molar-refractivity contribution in [3.05, 3.63) is 24.5 Å². The second-order valence-corrected chi connectivity index (χ2v) is 7.76. The topological polar surface area (TPSA) is 109 Å². The van der Waals surface area contributed by atoms with E-state index in [0.29, 0.717) is 12.1 Å². The molecule has 0 aromatic carbocycles. The molecule has 1 atom stereocenters. The number of hydrogen-bond acceptors (Lipinski definition) is 6. The van der Waals surface area contributed by atoms with E-state index in [1.165, 1.54) is 5.01 Å². The van der Waals surface area contributed by atoms with E-state index in [4.69, 9.17) is 0 Å². The average Bonchev–Trinajstić information content (AvgIpc) is 2.88. The van der Waals surface area contributed by atoms with Gasteiger partial charge in [0.1, 0.15) is 5.71 Å². The van der Waals surface area contributed by atoms with E-state index in [1.54, 1.807) is 24.5 Å². The third-order valence-corrected chi connectivity index (χ3v) is 5.56. The van der Waals surface area contributed by atoms with Crippen LogP contribution in [0.3, 0.4) is 0 Å². The fourth-order valence-electron chi connectivity index (χ4n) is 2.63. The van der Waals surface area contributed by atoms with Gasteiger partial charge in [-0.15, -0.1) is 0 Å². The lowest BCUT2D eigenvalue weighted by Crippen LogP contribution is -2.42. The minimum atomic E-state index is -3.13. The van der Waals surface area contributed by atoms with E-state index in [-0.39, 0.29) is 36.0 Å². The van der Waals surface area contributed by atoms with E-state index in [9.17, 15) is 18.0 Å². The van der Waals surface area contributed by atoms with Gasteiger partial charge in [-0.2, -0.15) is 5.10 Å². The number of hydrogen-bond donors (Lipinski definition) is 1. The lowest BCUT2D eigenvalue weighted by atomic mass is 10.1. The smallest absolute Gasteiger partial charge is 0.271 e. The molecule has 2 aliphatic heterocycles. The first-order valence-corrected chi connectivity index (χ1v) is 9.08. The highest BCUT2D eigenvalue weighted by Gasteiger charge is 2.37. The Labute approximate surface area is 133 Å². The molecule has 8 nitrogen and oxygen atoms in total. The molecule has 1 saturated heterocycles. The molecule has 2 aliphatic rings. The van der Waals surface area contributed by atoms with Gasteiger partial charge in [-0.25, -0.2) is 13.4 Å². The van der Waals surface area contributed by atoms with Gasteiger partial charge in [0.05, 0.1) is 17.5 Å². The van der Waals surface area contributed by atoms with Crippen LogP contribution in [-0.2, 0) is 19.4 Å². The number of carbonyl (C=O) groups excluding carboxylic acids is 2. The Bertz CT molecular complexity index is 760. The molecule has 2 amide bonds. The molecular weight excluding hydrogens is 320 g/mol. The predicted octanol–water partition coefficient (Wildman–Crippen LogP) is 0.186. The quantitative estimate of drug-likeness (QED) is 0.847. The SMILES string of the molecule is O=C(Nc1ccncc1)C1=NN([C@@H]2CCS(=O)(=O)C2)C(=O)CC1. The fraction of sp³-hybridized carbons (Fsp3) is 0.429. The summed E-state index contributed by atoms with van der Waals surface area (Å²) >= 11 is 0. The van der Waals surface area contributed by atoms with Crippen molar-refractivity contribution in [3.8, 4) is 0 Å². The number of rotatable bonds is 3. The zero-order valence-electron chi connectivity index (χ0n) is 12.3. The van der Waals surface area contributed by atoms with Crippen LogP contribution in [0.15, 0.2) is 29.6 Å². The fourth-order valence-corrected chi connectivity index (χ4v) is 4.32. The molecule has 1 fully saturated rings. The lowest BCUT2D eigenvalue weighted by Gasteiger charge is -2.27. The summed E-state index contributed by atoms with van der Waals surface area (Å²) in [7, 11) is -3.13. The maximum absolute atomic E-state index is 12.2. The van der Waals surface area contributed by atoms with Crippen LogP contribution in [0.5, 0.6) is 0 Å². The zero-order valence-corrected chi connectivity index (χ0v) is 13.1. The number of nitrogens with zero attached hydrogens (tertiary/aromatic N) is 3. The molecule has 3 heterocycles. The summed E-state index contributed by atoms with van der Waals surface area (Å²) in [4.78, 5) is 28.1. The van der Waals surface area contributed by atoms with Crippen molar-refractivity contribution in [3.63, 3.8) is 0 Å². The first-order chi connectivity index (χ1) is 10.9. The maximum Gasteiger partial charge on any atom is 0.271 e. The van der Waals surface area contributed by atoms with Gasteiger partial charge in [0.25, 0.3) is 5.91 Å². The van der Waals surface area contributed by atoms with Crippen LogP contribution in [-0.4, -0.2) is 53.5 Å². The number of hydrazone groups is 1. The monoisotopic (exact) mass is 336 g/mol. The highest BCUT2D eigenvalue weighted by Crippen LogP contribution is 2.22. The van der Waals surface area contributed by atoms with Gasteiger partial charge in [-0.05, 0) is 18.6 Å². The normalized spacial score (nSPS) is 23.5. The molecule has 9 heteroatoms. The highest BCUT2D eigenvalue weighted by molar-refractivity contribution is 7.91.